The van der Waals surface area contributed by atoms with Gasteiger partial charge in [-0.15, -0.1) is 0 Å². The van der Waals surface area contributed by atoms with Crippen molar-refractivity contribution in [1.29, 1.82) is 0 Å². The molecule has 3 aromatic rings. The van der Waals surface area contributed by atoms with Gasteiger partial charge in [0.05, 0.1) is 28.7 Å². The molecule has 0 spiro atoms. The highest BCUT2D eigenvalue weighted by molar-refractivity contribution is 5.90. The minimum absolute atomic E-state index is 0.0317. The van der Waals surface area contributed by atoms with Gasteiger partial charge in [0.15, 0.2) is 5.60 Å². The van der Waals surface area contributed by atoms with E-state index in [4.69, 9.17) is 9.47 Å². The number of carbonyl (C=O) groups excluding carboxylic acids is 1. The number of hydrogen-bond acceptors (Lipinski definition) is 5. The molecule has 0 aliphatic rings. The van der Waals surface area contributed by atoms with E-state index in [1.54, 1.807) is 0 Å². The molecule has 0 aliphatic heterocycles. The lowest BCUT2D eigenvalue weighted by Crippen LogP contribution is -2.31. The number of nitro groups is 1. The lowest BCUT2D eigenvalue weighted by atomic mass is 9.85. The van der Waals surface area contributed by atoms with Crippen LogP contribution in [0.3, 0.4) is 0 Å². The number of rotatable bonds is 6. The third-order valence-electron chi connectivity index (χ3n) is 5.39. The Balaban J connectivity index is 2.19. The standard InChI is InChI=1S/C24H17F6NO5/c1-22(15-5-9-20(35-2)10-6-15,36-21(32)14-3-7-19(8-4-14)31(33)34)16-11-17(23(25,26)27)13-18(12-16)24(28,29)30/h3-13H,1-2H3. The molecule has 0 aliphatic carbocycles. The maximum absolute atomic E-state index is 13.5. The van der Waals surface area contributed by atoms with E-state index in [1.807, 2.05) is 0 Å². The van der Waals surface area contributed by atoms with Crippen LogP contribution >= 0.6 is 0 Å². The summed E-state index contributed by atoms with van der Waals surface area (Å²) in [5.74, 6) is -0.794. The van der Waals surface area contributed by atoms with Crippen LogP contribution in [0.25, 0.3) is 0 Å². The molecule has 0 saturated heterocycles. The summed E-state index contributed by atoms with van der Waals surface area (Å²) in [6, 6.07) is 10.5. The third-order valence-corrected chi connectivity index (χ3v) is 5.39. The van der Waals surface area contributed by atoms with Gasteiger partial charge in [0.2, 0.25) is 0 Å². The number of carbonyl (C=O) groups is 1. The summed E-state index contributed by atoms with van der Waals surface area (Å²) in [5.41, 5.74) is -6.39. The topological polar surface area (TPSA) is 78.7 Å². The van der Waals surface area contributed by atoms with Crippen LogP contribution in [0.5, 0.6) is 5.75 Å². The lowest BCUT2D eigenvalue weighted by Gasteiger charge is -2.32. The number of methoxy groups -OCH3 is 1. The molecule has 12 heteroatoms. The number of esters is 1. The summed E-state index contributed by atoms with van der Waals surface area (Å²) < 4.78 is 91.6. The van der Waals surface area contributed by atoms with Crippen molar-refractivity contribution in [3.63, 3.8) is 0 Å². The fourth-order valence-electron chi connectivity index (χ4n) is 3.39. The number of ether oxygens (including phenoxy) is 2. The summed E-state index contributed by atoms with van der Waals surface area (Å²) in [5, 5.41) is 10.9. The molecule has 1 atom stereocenters. The van der Waals surface area contributed by atoms with Gasteiger partial charge in [0.1, 0.15) is 5.75 Å². The molecule has 0 amide bonds. The van der Waals surface area contributed by atoms with E-state index in [1.165, 1.54) is 31.4 Å². The van der Waals surface area contributed by atoms with Gasteiger partial charge in [0.25, 0.3) is 5.69 Å². The van der Waals surface area contributed by atoms with E-state index in [0.29, 0.717) is 17.9 Å². The van der Waals surface area contributed by atoms with Crippen molar-refractivity contribution >= 4 is 11.7 Å². The maximum Gasteiger partial charge on any atom is 0.416 e. The zero-order chi connectivity index (χ0) is 26.9. The molecule has 0 bridgehead atoms. The van der Waals surface area contributed by atoms with Crippen molar-refractivity contribution in [2.45, 2.75) is 24.9 Å². The number of nitrogens with zero attached hydrogens (tertiary/aromatic N) is 1. The van der Waals surface area contributed by atoms with Crippen molar-refractivity contribution in [1.82, 2.24) is 0 Å². The fourth-order valence-corrected chi connectivity index (χ4v) is 3.39. The molecular weight excluding hydrogens is 496 g/mol. The Labute approximate surface area is 200 Å². The van der Waals surface area contributed by atoms with Gasteiger partial charge in [-0.1, -0.05) is 12.1 Å². The van der Waals surface area contributed by atoms with Crippen LogP contribution in [-0.4, -0.2) is 18.0 Å². The Morgan fingerprint density at radius 3 is 1.67 bits per heavy atom. The van der Waals surface area contributed by atoms with E-state index in [0.717, 1.165) is 31.2 Å². The first kappa shape index (κ1) is 26.5. The Morgan fingerprint density at radius 2 is 1.25 bits per heavy atom. The van der Waals surface area contributed by atoms with Gasteiger partial charge in [-0.25, -0.2) is 4.79 Å². The predicted molar refractivity (Wildman–Crippen MR) is 114 cm³/mol. The van der Waals surface area contributed by atoms with Crippen LogP contribution in [0.4, 0.5) is 32.0 Å². The number of halogens is 6. The van der Waals surface area contributed by atoms with Crippen molar-refractivity contribution in [2.75, 3.05) is 7.11 Å². The highest BCUT2D eigenvalue weighted by Crippen LogP contribution is 2.42. The molecule has 190 valence electrons. The quantitative estimate of drug-likeness (QED) is 0.158. The zero-order valence-electron chi connectivity index (χ0n) is 18.6. The fraction of sp³-hybridized carbons (Fsp3) is 0.208. The number of benzene rings is 3. The molecule has 0 aromatic heterocycles. The summed E-state index contributed by atoms with van der Waals surface area (Å²) in [6.45, 7) is 1.15. The third kappa shape index (κ3) is 5.58. The highest BCUT2D eigenvalue weighted by Gasteiger charge is 2.41. The van der Waals surface area contributed by atoms with Crippen LogP contribution < -0.4 is 4.74 Å². The average Bonchev–Trinajstić information content (AvgIpc) is 2.82. The average molecular weight is 513 g/mol. The molecule has 1 unspecified atom stereocenters. The van der Waals surface area contributed by atoms with Crippen molar-refractivity contribution in [3.8, 4) is 5.75 Å². The number of nitro benzene ring substituents is 1. The first-order valence-electron chi connectivity index (χ1n) is 10.1. The lowest BCUT2D eigenvalue weighted by molar-refractivity contribution is -0.384. The molecule has 0 radical (unpaired) electrons. The smallest absolute Gasteiger partial charge is 0.416 e. The van der Waals surface area contributed by atoms with Crippen molar-refractivity contribution in [2.24, 2.45) is 0 Å². The number of alkyl halides is 6. The van der Waals surface area contributed by atoms with Gasteiger partial charge in [-0.3, -0.25) is 10.1 Å². The van der Waals surface area contributed by atoms with Gasteiger partial charge in [0, 0.05) is 23.3 Å². The Hall–Kier alpha value is -4.09. The van der Waals surface area contributed by atoms with Crippen LogP contribution in [0.15, 0.2) is 66.7 Å². The maximum atomic E-state index is 13.5. The van der Waals surface area contributed by atoms with E-state index in [9.17, 15) is 41.3 Å². The van der Waals surface area contributed by atoms with Crippen molar-refractivity contribution in [3.05, 3.63) is 105 Å². The number of hydrogen-bond donors (Lipinski definition) is 0. The minimum Gasteiger partial charge on any atom is -0.497 e. The molecule has 0 fully saturated rings. The van der Waals surface area contributed by atoms with Crippen LogP contribution in [0, 0.1) is 10.1 Å². The van der Waals surface area contributed by atoms with Gasteiger partial charge >= 0.3 is 18.3 Å². The molecule has 0 saturated carbocycles. The molecular formula is C24H17F6NO5. The first-order chi connectivity index (χ1) is 16.6. The zero-order valence-corrected chi connectivity index (χ0v) is 18.6. The molecule has 6 nitrogen and oxygen atoms in total. The van der Waals surface area contributed by atoms with Gasteiger partial charge in [-0.05, 0) is 49.4 Å². The molecule has 0 heterocycles. The summed E-state index contributed by atoms with van der Waals surface area (Å²) in [7, 11) is 1.35. The monoisotopic (exact) mass is 513 g/mol. The Bertz CT molecular complexity index is 1240. The minimum atomic E-state index is -5.13. The molecule has 36 heavy (non-hydrogen) atoms. The second kappa shape index (κ2) is 9.51. The largest absolute Gasteiger partial charge is 0.497 e. The van der Waals surface area contributed by atoms with E-state index >= 15 is 0 Å². The van der Waals surface area contributed by atoms with Gasteiger partial charge in [-0.2, -0.15) is 26.3 Å². The molecule has 3 aromatic carbocycles. The SMILES string of the molecule is COc1ccc(C(C)(OC(=O)c2ccc([N+](=O)[O-])cc2)c2cc(C(F)(F)F)cc(C(F)(F)F)c2)cc1. The second-order valence-corrected chi connectivity index (χ2v) is 7.75. The highest BCUT2D eigenvalue weighted by atomic mass is 19.4. The van der Waals surface area contributed by atoms with E-state index in [-0.39, 0.29) is 22.9 Å². The Morgan fingerprint density at radius 1 is 0.778 bits per heavy atom. The summed E-state index contributed by atoms with van der Waals surface area (Å²) in [4.78, 5) is 23.1. The van der Waals surface area contributed by atoms with E-state index < -0.39 is 45.5 Å². The predicted octanol–water partition coefficient (Wildman–Crippen LogP) is 6.76. The van der Waals surface area contributed by atoms with Crippen LogP contribution in [0.1, 0.15) is 39.5 Å². The first-order valence-corrected chi connectivity index (χ1v) is 10.1. The summed E-state index contributed by atoms with van der Waals surface area (Å²) >= 11 is 0. The normalized spacial score (nSPS) is 13.6. The van der Waals surface area contributed by atoms with Crippen LogP contribution in [-0.2, 0) is 22.7 Å². The Kier molecular flexibility index (Phi) is 7.01. The van der Waals surface area contributed by atoms with E-state index in [2.05, 4.69) is 0 Å². The number of non-ortho nitro benzene ring substituents is 1. The van der Waals surface area contributed by atoms with Crippen molar-refractivity contribution < 1.29 is 45.5 Å². The second-order valence-electron chi connectivity index (χ2n) is 7.75. The molecule has 3 rings (SSSR count). The molecule has 0 N–H and O–H groups in total. The van der Waals surface area contributed by atoms with Gasteiger partial charge < -0.3 is 9.47 Å². The summed E-state index contributed by atoms with van der Waals surface area (Å²) in [6.07, 6.45) is -10.3. The van der Waals surface area contributed by atoms with Crippen LogP contribution in [0.2, 0.25) is 0 Å².